The normalized spacial score (nSPS) is 16.9. The van der Waals surface area contributed by atoms with Gasteiger partial charge in [0.2, 0.25) is 5.91 Å². The van der Waals surface area contributed by atoms with Crippen molar-refractivity contribution in [3.8, 4) is 5.75 Å². The Labute approximate surface area is 120 Å². The molecule has 0 bridgehead atoms. The molecule has 0 unspecified atom stereocenters. The van der Waals surface area contributed by atoms with E-state index in [4.69, 9.17) is 10.5 Å². The first kappa shape index (κ1) is 14.9. The van der Waals surface area contributed by atoms with Crippen molar-refractivity contribution in [2.75, 3.05) is 14.2 Å². The van der Waals surface area contributed by atoms with Crippen LogP contribution in [0.2, 0.25) is 0 Å². The topological polar surface area (TPSA) is 55.6 Å². The van der Waals surface area contributed by atoms with E-state index >= 15 is 0 Å². The molecule has 2 rings (SSSR count). The van der Waals surface area contributed by atoms with E-state index in [-0.39, 0.29) is 11.4 Å². The molecule has 2 N–H and O–H groups in total. The molecule has 0 saturated heterocycles. The molecule has 0 heterocycles. The first-order chi connectivity index (χ1) is 9.54. The van der Waals surface area contributed by atoms with Gasteiger partial charge in [0.1, 0.15) is 5.75 Å². The number of nitrogens with two attached hydrogens (primary N) is 1. The minimum atomic E-state index is -0.286. The van der Waals surface area contributed by atoms with E-state index in [1.54, 1.807) is 12.0 Å². The zero-order valence-electron chi connectivity index (χ0n) is 12.4. The predicted molar refractivity (Wildman–Crippen MR) is 79.5 cm³/mol. The average molecular weight is 276 g/mol. The van der Waals surface area contributed by atoms with Crippen LogP contribution in [0.3, 0.4) is 0 Å². The molecule has 1 aliphatic carbocycles. The molecule has 1 amide bonds. The molecular formula is C16H24N2O2. The van der Waals surface area contributed by atoms with Crippen LogP contribution in [0.25, 0.3) is 0 Å². The number of methoxy groups -OCH3 is 1. The van der Waals surface area contributed by atoms with Gasteiger partial charge in [0.25, 0.3) is 0 Å². The van der Waals surface area contributed by atoms with Crippen LogP contribution in [0.5, 0.6) is 5.75 Å². The molecule has 0 spiro atoms. The van der Waals surface area contributed by atoms with Gasteiger partial charge in [-0.2, -0.15) is 0 Å². The van der Waals surface area contributed by atoms with Gasteiger partial charge >= 0.3 is 0 Å². The number of hydrogen-bond donors (Lipinski definition) is 1. The van der Waals surface area contributed by atoms with Crippen LogP contribution in [-0.2, 0) is 11.3 Å². The predicted octanol–water partition coefficient (Wildman–Crippen LogP) is 2.32. The molecule has 4 heteroatoms. The molecule has 1 aromatic rings. The molecule has 20 heavy (non-hydrogen) atoms. The molecule has 1 aliphatic rings. The molecular weight excluding hydrogens is 252 g/mol. The third kappa shape index (κ3) is 3.51. The van der Waals surface area contributed by atoms with Gasteiger partial charge in [-0.05, 0) is 18.9 Å². The molecule has 1 aromatic carbocycles. The quantitative estimate of drug-likeness (QED) is 0.898. The summed E-state index contributed by atoms with van der Waals surface area (Å²) in [4.78, 5) is 14.1. The number of carbonyl (C=O) groups excluding carboxylic acids is 1. The number of amides is 1. The Morgan fingerprint density at radius 3 is 2.65 bits per heavy atom. The third-order valence-corrected chi connectivity index (χ3v) is 4.13. The standard InChI is InChI=1S/C16H24N2O2/c1-18(12-13-7-3-4-8-14(13)20-2)15(19)11-16(17)9-5-6-10-16/h3-4,7-8H,5-6,9-12,17H2,1-2H3. The number of nitrogens with zero attached hydrogens (tertiary/aromatic N) is 1. The van der Waals surface area contributed by atoms with Gasteiger partial charge in [0.15, 0.2) is 0 Å². The van der Waals surface area contributed by atoms with Crippen molar-refractivity contribution in [3.05, 3.63) is 29.8 Å². The zero-order valence-corrected chi connectivity index (χ0v) is 12.4. The molecule has 1 fully saturated rings. The molecule has 4 nitrogen and oxygen atoms in total. The highest BCUT2D eigenvalue weighted by atomic mass is 16.5. The molecule has 0 atom stereocenters. The van der Waals surface area contributed by atoms with Gasteiger partial charge in [-0.15, -0.1) is 0 Å². The van der Waals surface area contributed by atoms with Gasteiger partial charge in [0, 0.05) is 31.1 Å². The summed E-state index contributed by atoms with van der Waals surface area (Å²) < 4.78 is 5.32. The maximum Gasteiger partial charge on any atom is 0.224 e. The largest absolute Gasteiger partial charge is 0.496 e. The minimum Gasteiger partial charge on any atom is -0.496 e. The summed E-state index contributed by atoms with van der Waals surface area (Å²) in [6.07, 6.45) is 4.64. The van der Waals surface area contributed by atoms with Gasteiger partial charge in [-0.25, -0.2) is 0 Å². The lowest BCUT2D eigenvalue weighted by Gasteiger charge is -2.26. The van der Waals surface area contributed by atoms with Crippen molar-refractivity contribution in [3.63, 3.8) is 0 Å². The van der Waals surface area contributed by atoms with E-state index in [0.717, 1.165) is 37.0 Å². The van der Waals surface area contributed by atoms with E-state index in [1.165, 1.54) is 0 Å². The smallest absolute Gasteiger partial charge is 0.224 e. The number of rotatable bonds is 5. The number of para-hydroxylation sites is 1. The summed E-state index contributed by atoms with van der Waals surface area (Å²) in [6.45, 7) is 0.554. The van der Waals surface area contributed by atoms with Crippen LogP contribution in [0.4, 0.5) is 0 Å². The first-order valence-electron chi connectivity index (χ1n) is 7.19. The van der Waals surface area contributed by atoms with Crippen LogP contribution in [-0.4, -0.2) is 30.5 Å². The molecule has 110 valence electrons. The summed E-state index contributed by atoms with van der Waals surface area (Å²) in [5.74, 6) is 0.927. The SMILES string of the molecule is COc1ccccc1CN(C)C(=O)CC1(N)CCCC1. The highest BCUT2D eigenvalue weighted by molar-refractivity contribution is 5.77. The summed E-state index contributed by atoms with van der Waals surface area (Å²) in [5.41, 5.74) is 7.01. The fourth-order valence-corrected chi connectivity index (χ4v) is 2.87. The summed E-state index contributed by atoms with van der Waals surface area (Å²) in [5, 5.41) is 0. The van der Waals surface area contributed by atoms with Gasteiger partial charge in [0.05, 0.1) is 7.11 Å². The summed E-state index contributed by atoms with van der Waals surface area (Å²) in [6, 6.07) is 7.78. The Kier molecular flexibility index (Phi) is 4.65. The van der Waals surface area contributed by atoms with E-state index in [9.17, 15) is 4.79 Å². The van der Waals surface area contributed by atoms with E-state index < -0.39 is 0 Å². The second-order valence-corrected chi connectivity index (χ2v) is 5.81. The summed E-state index contributed by atoms with van der Waals surface area (Å²) >= 11 is 0. The second-order valence-electron chi connectivity index (χ2n) is 5.81. The molecule has 0 radical (unpaired) electrons. The van der Waals surface area contributed by atoms with Gasteiger partial charge < -0.3 is 15.4 Å². The van der Waals surface area contributed by atoms with E-state index in [0.29, 0.717) is 13.0 Å². The van der Waals surface area contributed by atoms with Gasteiger partial charge in [-0.1, -0.05) is 31.0 Å². The van der Waals surface area contributed by atoms with E-state index in [2.05, 4.69) is 0 Å². The van der Waals surface area contributed by atoms with Crippen LogP contribution < -0.4 is 10.5 Å². The lowest BCUT2D eigenvalue weighted by Crippen LogP contribution is -2.42. The van der Waals surface area contributed by atoms with Crippen molar-refractivity contribution >= 4 is 5.91 Å². The van der Waals surface area contributed by atoms with Crippen LogP contribution in [0, 0.1) is 0 Å². The van der Waals surface area contributed by atoms with Crippen molar-refractivity contribution in [2.24, 2.45) is 5.73 Å². The maximum absolute atomic E-state index is 12.3. The monoisotopic (exact) mass is 276 g/mol. The van der Waals surface area contributed by atoms with Gasteiger partial charge in [-0.3, -0.25) is 4.79 Å². The Balaban J connectivity index is 1.97. The minimum absolute atomic E-state index is 0.111. The number of benzene rings is 1. The number of hydrogen-bond acceptors (Lipinski definition) is 3. The highest BCUT2D eigenvalue weighted by Crippen LogP contribution is 2.30. The fraction of sp³-hybridized carbons (Fsp3) is 0.562. The maximum atomic E-state index is 12.3. The van der Waals surface area contributed by atoms with Crippen LogP contribution in [0.15, 0.2) is 24.3 Å². The van der Waals surface area contributed by atoms with Crippen LogP contribution in [0.1, 0.15) is 37.7 Å². The van der Waals surface area contributed by atoms with Crippen molar-refractivity contribution in [1.82, 2.24) is 4.90 Å². The fourth-order valence-electron chi connectivity index (χ4n) is 2.87. The summed E-state index contributed by atoms with van der Waals surface area (Å²) in [7, 11) is 3.47. The van der Waals surface area contributed by atoms with Crippen molar-refractivity contribution < 1.29 is 9.53 Å². The Bertz CT molecular complexity index is 467. The Morgan fingerprint density at radius 2 is 2.00 bits per heavy atom. The molecule has 0 aromatic heterocycles. The number of ether oxygens (including phenoxy) is 1. The Morgan fingerprint density at radius 1 is 1.35 bits per heavy atom. The van der Waals surface area contributed by atoms with Crippen molar-refractivity contribution in [2.45, 2.75) is 44.2 Å². The zero-order chi connectivity index (χ0) is 14.6. The molecule has 1 saturated carbocycles. The lowest BCUT2D eigenvalue weighted by atomic mass is 9.94. The highest BCUT2D eigenvalue weighted by Gasteiger charge is 2.32. The third-order valence-electron chi connectivity index (χ3n) is 4.13. The van der Waals surface area contributed by atoms with Crippen LogP contribution >= 0.6 is 0 Å². The van der Waals surface area contributed by atoms with E-state index in [1.807, 2.05) is 31.3 Å². The molecule has 0 aliphatic heterocycles. The second kappa shape index (κ2) is 6.27. The first-order valence-corrected chi connectivity index (χ1v) is 7.19. The Hall–Kier alpha value is -1.55. The number of carbonyl (C=O) groups is 1. The average Bonchev–Trinajstić information content (AvgIpc) is 2.85. The lowest BCUT2D eigenvalue weighted by molar-refractivity contribution is -0.131. The van der Waals surface area contributed by atoms with Crippen molar-refractivity contribution in [1.29, 1.82) is 0 Å².